The van der Waals surface area contributed by atoms with Crippen molar-refractivity contribution in [2.24, 2.45) is 0 Å². The fraction of sp³-hybridized carbons (Fsp3) is 0.471. The highest BCUT2D eigenvalue weighted by atomic mass is 35.5. The highest BCUT2D eigenvalue weighted by Crippen LogP contribution is 2.24. The molecule has 2 N–H and O–H groups in total. The number of aromatic nitrogens is 3. The highest BCUT2D eigenvalue weighted by Gasteiger charge is 2.16. The number of carbonyl (C=O) groups is 1. The van der Waals surface area contributed by atoms with Crippen molar-refractivity contribution in [2.45, 2.75) is 25.8 Å². The van der Waals surface area contributed by atoms with E-state index in [0.29, 0.717) is 13.2 Å². The van der Waals surface area contributed by atoms with Gasteiger partial charge in [0.25, 0.3) is 0 Å². The second-order valence-corrected chi connectivity index (χ2v) is 5.84. The van der Waals surface area contributed by atoms with Gasteiger partial charge in [-0.3, -0.25) is 4.79 Å². The van der Waals surface area contributed by atoms with Crippen LogP contribution in [0.1, 0.15) is 18.7 Å². The second kappa shape index (κ2) is 11.1. The van der Waals surface area contributed by atoms with E-state index in [9.17, 15) is 4.79 Å². The minimum atomic E-state index is -0.0706. The number of hydrogen-bond acceptors (Lipinski definition) is 5. The van der Waals surface area contributed by atoms with Gasteiger partial charge in [-0.15, -0.1) is 35.0 Å². The maximum atomic E-state index is 11.8. The summed E-state index contributed by atoms with van der Waals surface area (Å²) in [6.45, 7) is 2.48. The first-order valence-corrected chi connectivity index (χ1v) is 8.30. The summed E-state index contributed by atoms with van der Waals surface area (Å²) in [6.07, 6.45) is 3.35. The third-order valence-corrected chi connectivity index (χ3v) is 4.05. The van der Waals surface area contributed by atoms with Gasteiger partial charge >= 0.3 is 0 Å². The molecule has 1 amide bonds. The molecule has 0 saturated carbocycles. The topological polar surface area (TPSA) is 81.1 Å². The molecule has 1 aliphatic heterocycles. The number of fused-ring (bicyclic) bond motifs is 1. The minimum absolute atomic E-state index is 0. The Labute approximate surface area is 165 Å². The predicted octanol–water partition coefficient (Wildman–Crippen LogP) is 2.30. The van der Waals surface area contributed by atoms with Crippen LogP contribution in [0.4, 0.5) is 5.69 Å². The number of aryl methyl sites for hydroxylation is 1. The number of amides is 1. The van der Waals surface area contributed by atoms with E-state index in [1.807, 2.05) is 24.3 Å². The lowest BCUT2D eigenvalue weighted by atomic mass is 10.1. The van der Waals surface area contributed by atoms with Crippen molar-refractivity contribution in [1.29, 1.82) is 0 Å². The molecule has 1 aromatic carbocycles. The summed E-state index contributed by atoms with van der Waals surface area (Å²) in [5.74, 6) is 1.90. The Morgan fingerprint density at radius 1 is 1.19 bits per heavy atom. The van der Waals surface area contributed by atoms with Crippen molar-refractivity contribution in [3.05, 3.63) is 30.1 Å². The van der Waals surface area contributed by atoms with Crippen LogP contribution >= 0.6 is 24.8 Å². The summed E-state index contributed by atoms with van der Waals surface area (Å²) in [7, 11) is 1.63. The van der Waals surface area contributed by atoms with E-state index in [-0.39, 0.29) is 37.3 Å². The predicted molar refractivity (Wildman–Crippen MR) is 106 cm³/mol. The Hall–Kier alpha value is -1.67. The second-order valence-electron chi connectivity index (χ2n) is 5.84. The molecule has 0 spiro atoms. The van der Waals surface area contributed by atoms with Gasteiger partial charge in [0.15, 0.2) is 5.82 Å². The fourth-order valence-electron chi connectivity index (χ4n) is 2.81. The molecule has 3 rings (SSSR count). The van der Waals surface area contributed by atoms with Crippen LogP contribution in [0.25, 0.3) is 11.4 Å². The zero-order chi connectivity index (χ0) is 16.8. The molecule has 7 nitrogen and oxygen atoms in total. The molecule has 144 valence electrons. The van der Waals surface area contributed by atoms with E-state index < -0.39 is 0 Å². The Morgan fingerprint density at radius 2 is 1.96 bits per heavy atom. The van der Waals surface area contributed by atoms with Crippen LogP contribution in [0.5, 0.6) is 0 Å². The number of nitrogens with one attached hydrogen (secondary N) is 2. The monoisotopic (exact) mass is 401 g/mol. The van der Waals surface area contributed by atoms with Crippen molar-refractivity contribution >= 4 is 36.4 Å². The van der Waals surface area contributed by atoms with Crippen molar-refractivity contribution in [2.75, 3.05) is 32.1 Å². The lowest BCUT2D eigenvalue weighted by molar-refractivity contribution is -0.115. The molecular weight excluding hydrogens is 377 g/mol. The van der Waals surface area contributed by atoms with E-state index in [2.05, 4.69) is 25.4 Å². The Balaban J connectivity index is 0.00000169. The number of rotatable bonds is 7. The molecule has 1 aromatic heterocycles. The Kier molecular flexibility index (Phi) is 9.58. The molecule has 0 bridgehead atoms. The minimum Gasteiger partial charge on any atom is -0.383 e. The molecule has 0 unspecified atom stereocenters. The quantitative estimate of drug-likeness (QED) is 0.695. The molecule has 1 aliphatic rings. The van der Waals surface area contributed by atoms with Crippen LogP contribution in [0.15, 0.2) is 24.3 Å². The summed E-state index contributed by atoms with van der Waals surface area (Å²) in [5.41, 5.74) is 1.79. The van der Waals surface area contributed by atoms with Crippen molar-refractivity contribution in [3.63, 3.8) is 0 Å². The lowest BCUT2D eigenvalue weighted by Gasteiger charge is -2.14. The van der Waals surface area contributed by atoms with Gasteiger partial charge in [-0.25, -0.2) is 0 Å². The van der Waals surface area contributed by atoms with Gasteiger partial charge in [0.1, 0.15) is 5.82 Å². The molecule has 9 heteroatoms. The third kappa shape index (κ3) is 5.67. The number of nitrogens with zero attached hydrogens (tertiary/aromatic N) is 3. The lowest BCUT2D eigenvalue weighted by Crippen LogP contribution is -2.30. The number of benzene rings is 1. The van der Waals surface area contributed by atoms with Gasteiger partial charge in [-0.2, -0.15) is 0 Å². The average Bonchev–Trinajstić information content (AvgIpc) is 3.04. The molecule has 0 atom stereocenters. The fourth-order valence-corrected chi connectivity index (χ4v) is 2.81. The standard InChI is InChI=1S/C17H23N5O2.2ClH/c1-24-11-9-18-12-16(23)19-14-7-5-13(6-8-14)17-21-20-15-4-2-3-10-22(15)17;;/h5-8,18H,2-4,9-12H2,1H3,(H,19,23);2*1H. The van der Waals surface area contributed by atoms with Gasteiger partial charge in [0, 0.05) is 37.9 Å². The van der Waals surface area contributed by atoms with Crippen LogP contribution in [-0.2, 0) is 22.5 Å². The van der Waals surface area contributed by atoms with Crippen LogP contribution in [0.3, 0.4) is 0 Å². The van der Waals surface area contributed by atoms with E-state index in [4.69, 9.17) is 4.74 Å². The van der Waals surface area contributed by atoms with Gasteiger partial charge in [0.05, 0.1) is 13.2 Å². The van der Waals surface area contributed by atoms with E-state index in [1.165, 1.54) is 12.8 Å². The highest BCUT2D eigenvalue weighted by molar-refractivity contribution is 5.92. The molecule has 2 heterocycles. The number of carbonyl (C=O) groups excluding carboxylic acids is 1. The maximum absolute atomic E-state index is 11.8. The van der Waals surface area contributed by atoms with Crippen molar-refractivity contribution < 1.29 is 9.53 Å². The number of ether oxygens (including phenoxy) is 1. The third-order valence-electron chi connectivity index (χ3n) is 4.05. The number of methoxy groups -OCH3 is 1. The molecule has 26 heavy (non-hydrogen) atoms. The zero-order valence-electron chi connectivity index (χ0n) is 14.7. The normalized spacial score (nSPS) is 12.5. The van der Waals surface area contributed by atoms with Gasteiger partial charge in [-0.1, -0.05) is 0 Å². The van der Waals surface area contributed by atoms with Crippen LogP contribution < -0.4 is 10.6 Å². The SMILES string of the molecule is COCCNCC(=O)Nc1ccc(-c2nnc3n2CCCC3)cc1.Cl.Cl. The van der Waals surface area contributed by atoms with Crippen molar-refractivity contribution in [3.8, 4) is 11.4 Å². The molecule has 0 saturated heterocycles. The van der Waals surface area contributed by atoms with Crippen LogP contribution in [-0.4, -0.2) is 47.5 Å². The van der Waals surface area contributed by atoms with E-state index in [0.717, 1.165) is 35.9 Å². The van der Waals surface area contributed by atoms with Crippen LogP contribution in [0.2, 0.25) is 0 Å². The summed E-state index contributed by atoms with van der Waals surface area (Å²) in [4.78, 5) is 11.8. The molecule has 0 radical (unpaired) electrons. The molecule has 2 aromatic rings. The number of hydrogen-bond donors (Lipinski definition) is 2. The Morgan fingerprint density at radius 3 is 2.69 bits per heavy atom. The number of anilines is 1. The first-order valence-electron chi connectivity index (χ1n) is 8.30. The Bertz CT molecular complexity index is 691. The van der Waals surface area contributed by atoms with Crippen LogP contribution in [0, 0.1) is 0 Å². The largest absolute Gasteiger partial charge is 0.383 e. The molecule has 0 aliphatic carbocycles. The summed E-state index contributed by atoms with van der Waals surface area (Å²) >= 11 is 0. The summed E-state index contributed by atoms with van der Waals surface area (Å²) in [5, 5.41) is 14.5. The summed E-state index contributed by atoms with van der Waals surface area (Å²) in [6, 6.07) is 7.74. The van der Waals surface area contributed by atoms with Gasteiger partial charge in [-0.05, 0) is 37.1 Å². The summed E-state index contributed by atoms with van der Waals surface area (Å²) < 4.78 is 7.11. The van der Waals surface area contributed by atoms with E-state index in [1.54, 1.807) is 7.11 Å². The maximum Gasteiger partial charge on any atom is 0.238 e. The van der Waals surface area contributed by atoms with Gasteiger partial charge in [0.2, 0.25) is 5.91 Å². The average molecular weight is 402 g/mol. The first-order chi connectivity index (χ1) is 11.8. The van der Waals surface area contributed by atoms with E-state index >= 15 is 0 Å². The molecular formula is C17H25Cl2N5O2. The smallest absolute Gasteiger partial charge is 0.238 e. The first kappa shape index (κ1) is 22.4. The molecule has 0 fully saturated rings. The number of halogens is 2. The van der Waals surface area contributed by atoms with Gasteiger partial charge < -0.3 is 19.9 Å². The van der Waals surface area contributed by atoms with Crippen molar-refractivity contribution in [1.82, 2.24) is 20.1 Å². The zero-order valence-corrected chi connectivity index (χ0v) is 16.4.